The lowest BCUT2D eigenvalue weighted by atomic mass is 9.87. The van der Waals surface area contributed by atoms with Crippen molar-refractivity contribution in [3.05, 3.63) is 29.3 Å². The summed E-state index contributed by atoms with van der Waals surface area (Å²) in [5, 5.41) is 14.7. The van der Waals surface area contributed by atoms with Crippen LogP contribution >= 0.6 is 0 Å². The normalized spacial score (nSPS) is 16.7. The number of hydrogen-bond donors (Lipinski definition) is 3. The molecule has 0 atom stereocenters. The monoisotopic (exact) mass is 289 g/mol. The van der Waals surface area contributed by atoms with Gasteiger partial charge in [0.15, 0.2) is 5.84 Å². The average molecular weight is 289 g/mol. The van der Waals surface area contributed by atoms with Crippen LogP contribution in [0.25, 0.3) is 0 Å². The number of rotatable bonds is 4. The number of amides is 1. The Morgan fingerprint density at radius 1 is 1.38 bits per heavy atom. The van der Waals surface area contributed by atoms with Gasteiger partial charge in [-0.2, -0.15) is 0 Å². The van der Waals surface area contributed by atoms with Crippen molar-refractivity contribution in [1.29, 1.82) is 0 Å². The van der Waals surface area contributed by atoms with Gasteiger partial charge in [0.1, 0.15) is 0 Å². The maximum atomic E-state index is 12.2. The molecule has 0 bridgehead atoms. The quantitative estimate of drug-likeness (QED) is 0.344. The number of nitrogens with one attached hydrogen (secondary N) is 1. The first kappa shape index (κ1) is 15.4. The van der Waals surface area contributed by atoms with Gasteiger partial charge in [0.05, 0.1) is 0 Å². The van der Waals surface area contributed by atoms with E-state index >= 15 is 0 Å². The molecule has 0 aromatic heterocycles. The van der Waals surface area contributed by atoms with Crippen molar-refractivity contribution in [2.45, 2.75) is 45.4 Å². The predicted molar refractivity (Wildman–Crippen MR) is 83.5 cm³/mol. The SMILES string of the molecule is Cc1ccc(C(N)=NO)cc1NC(=O)CC1CCCCC1. The summed E-state index contributed by atoms with van der Waals surface area (Å²) in [6, 6.07) is 5.36. The maximum absolute atomic E-state index is 12.2. The fraction of sp³-hybridized carbons (Fsp3) is 0.500. The molecule has 0 heterocycles. The van der Waals surface area contributed by atoms with Crippen LogP contribution in [-0.4, -0.2) is 17.0 Å². The van der Waals surface area contributed by atoms with Crippen LogP contribution in [0.2, 0.25) is 0 Å². The van der Waals surface area contributed by atoms with Gasteiger partial charge in [-0.1, -0.05) is 36.6 Å². The largest absolute Gasteiger partial charge is 0.409 e. The van der Waals surface area contributed by atoms with Gasteiger partial charge in [-0.25, -0.2) is 0 Å². The highest BCUT2D eigenvalue weighted by atomic mass is 16.4. The van der Waals surface area contributed by atoms with Gasteiger partial charge >= 0.3 is 0 Å². The molecule has 2 rings (SSSR count). The van der Waals surface area contributed by atoms with E-state index in [-0.39, 0.29) is 11.7 Å². The molecule has 5 nitrogen and oxygen atoms in total. The minimum absolute atomic E-state index is 0.0396. The molecule has 0 radical (unpaired) electrons. The molecule has 1 aromatic carbocycles. The standard InChI is InChI=1S/C16H23N3O2/c1-11-7-8-13(16(17)19-21)10-14(11)18-15(20)9-12-5-3-2-4-6-12/h7-8,10,12,21H,2-6,9H2,1H3,(H2,17,19)(H,18,20). The van der Waals surface area contributed by atoms with E-state index in [4.69, 9.17) is 10.9 Å². The van der Waals surface area contributed by atoms with Crippen LogP contribution in [0.4, 0.5) is 5.69 Å². The molecule has 1 aliphatic rings. The molecule has 21 heavy (non-hydrogen) atoms. The molecular formula is C16H23N3O2. The van der Waals surface area contributed by atoms with Gasteiger partial charge < -0.3 is 16.3 Å². The molecule has 0 spiro atoms. The average Bonchev–Trinajstić information content (AvgIpc) is 2.49. The Morgan fingerprint density at radius 3 is 2.76 bits per heavy atom. The van der Waals surface area contributed by atoms with Crippen LogP contribution in [-0.2, 0) is 4.79 Å². The highest BCUT2D eigenvalue weighted by Crippen LogP contribution is 2.27. The summed E-state index contributed by atoms with van der Waals surface area (Å²) in [6.45, 7) is 1.92. The van der Waals surface area contributed by atoms with Crippen molar-refractivity contribution in [3.63, 3.8) is 0 Å². The number of aryl methyl sites for hydroxylation is 1. The molecule has 0 saturated heterocycles. The zero-order chi connectivity index (χ0) is 15.2. The predicted octanol–water partition coefficient (Wildman–Crippen LogP) is 3.00. The lowest BCUT2D eigenvalue weighted by molar-refractivity contribution is -0.117. The molecule has 1 saturated carbocycles. The van der Waals surface area contributed by atoms with Crippen LogP contribution < -0.4 is 11.1 Å². The second kappa shape index (κ2) is 7.11. The summed E-state index contributed by atoms with van der Waals surface area (Å²) < 4.78 is 0. The number of anilines is 1. The van der Waals surface area contributed by atoms with Crippen molar-refractivity contribution in [2.75, 3.05) is 5.32 Å². The lowest BCUT2D eigenvalue weighted by Gasteiger charge is -2.21. The highest BCUT2D eigenvalue weighted by molar-refractivity contribution is 5.99. The third-order valence-corrected chi connectivity index (χ3v) is 4.11. The fourth-order valence-electron chi connectivity index (χ4n) is 2.83. The van der Waals surface area contributed by atoms with Crippen LogP contribution in [0.1, 0.15) is 49.7 Å². The van der Waals surface area contributed by atoms with Gasteiger partial charge in [-0.05, 0) is 37.3 Å². The lowest BCUT2D eigenvalue weighted by Crippen LogP contribution is -2.19. The molecule has 0 aliphatic heterocycles. The molecule has 0 unspecified atom stereocenters. The highest BCUT2D eigenvalue weighted by Gasteiger charge is 2.17. The Kier molecular flexibility index (Phi) is 5.20. The van der Waals surface area contributed by atoms with Crippen molar-refractivity contribution in [1.82, 2.24) is 0 Å². The minimum atomic E-state index is 0.0396. The van der Waals surface area contributed by atoms with Crippen molar-refractivity contribution in [3.8, 4) is 0 Å². The van der Waals surface area contributed by atoms with Crippen molar-refractivity contribution < 1.29 is 10.0 Å². The second-order valence-electron chi connectivity index (χ2n) is 5.77. The van der Waals surface area contributed by atoms with Gasteiger partial charge in [-0.3, -0.25) is 4.79 Å². The first-order valence-electron chi connectivity index (χ1n) is 7.48. The van der Waals surface area contributed by atoms with Crippen LogP contribution in [0, 0.1) is 12.8 Å². The summed E-state index contributed by atoms with van der Waals surface area (Å²) in [7, 11) is 0. The smallest absolute Gasteiger partial charge is 0.224 e. The molecule has 1 fully saturated rings. The Labute approximate surface area is 125 Å². The number of hydrogen-bond acceptors (Lipinski definition) is 3. The fourth-order valence-corrected chi connectivity index (χ4v) is 2.83. The summed E-state index contributed by atoms with van der Waals surface area (Å²) in [5.74, 6) is 0.589. The maximum Gasteiger partial charge on any atom is 0.224 e. The molecule has 4 N–H and O–H groups in total. The van der Waals surface area contributed by atoms with Crippen LogP contribution in [0.15, 0.2) is 23.4 Å². The third kappa shape index (κ3) is 4.21. The number of nitrogens with zero attached hydrogens (tertiary/aromatic N) is 1. The van der Waals surface area contributed by atoms with E-state index in [1.54, 1.807) is 12.1 Å². The van der Waals surface area contributed by atoms with Gasteiger partial charge in [-0.15, -0.1) is 0 Å². The Bertz CT molecular complexity index is 534. The molecule has 1 aromatic rings. The number of amidine groups is 1. The molecule has 1 aliphatic carbocycles. The van der Waals surface area contributed by atoms with E-state index in [0.717, 1.165) is 24.1 Å². The van der Waals surface area contributed by atoms with E-state index in [9.17, 15) is 4.79 Å². The summed E-state index contributed by atoms with van der Waals surface area (Å²) in [5.41, 5.74) is 7.86. The van der Waals surface area contributed by atoms with E-state index < -0.39 is 0 Å². The Morgan fingerprint density at radius 2 is 2.10 bits per heavy atom. The van der Waals surface area contributed by atoms with Gasteiger partial charge in [0.25, 0.3) is 0 Å². The number of carbonyl (C=O) groups is 1. The minimum Gasteiger partial charge on any atom is -0.409 e. The van der Waals surface area contributed by atoms with Crippen LogP contribution in [0.3, 0.4) is 0 Å². The van der Waals surface area contributed by atoms with Crippen molar-refractivity contribution >= 4 is 17.4 Å². The third-order valence-electron chi connectivity index (χ3n) is 4.11. The van der Waals surface area contributed by atoms with Crippen LogP contribution in [0.5, 0.6) is 0 Å². The number of benzene rings is 1. The Balaban J connectivity index is 2.02. The number of oxime groups is 1. The van der Waals surface area contributed by atoms with E-state index in [1.807, 2.05) is 13.0 Å². The molecule has 5 heteroatoms. The second-order valence-corrected chi connectivity index (χ2v) is 5.77. The molecule has 114 valence electrons. The number of carbonyl (C=O) groups excluding carboxylic acids is 1. The first-order valence-corrected chi connectivity index (χ1v) is 7.48. The number of nitrogens with two attached hydrogens (primary N) is 1. The van der Waals surface area contributed by atoms with E-state index in [0.29, 0.717) is 17.9 Å². The zero-order valence-corrected chi connectivity index (χ0v) is 12.4. The summed E-state index contributed by atoms with van der Waals surface area (Å²) in [4.78, 5) is 12.2. The van der Waals surface area contributed by atoms with E-state index in [1.165, 1.54) is 19.3 Å². The van der Waals surface area contributed by atoms with Gasteiger partial charge in [0, 0.05) is 17.7 Å². The molecular weight excluding hydrogens is 266 g/mol. The van der Waals surface area contributed by atoms with Gasteiger partial charge in [0.2, 0.25) is 5.91 Å². The Hall–Kier alpha value is -2.04. The van der Waals surface area contributed by atoms with Crippen molar-refractivity contribution in [2.24, 2.45) is 16.8 Å². The first-order chi connectivity index (χ1) is 10.1. The summed E-state index contributed by atoms with van der Waals surface area (Å²) in [6.07, 6.45) is 6.63. The topological polar surface area (TPSA) is 87.7 Å². The molecule has 1 amide bonds. The zero-order valence-electron chi connectivity index (χ0n) is 12.4. The van der Waals surface area contributed by atoms with E-state index in [2.05, 4.69) is 10.5 Å². The summed E-state index contributed by atoms with van der Waals surface area (Å²) >= 11 is 0.